The molecule has 0 N–H and O–H groups in total. The molecule has 1 aromatic rings. The molecule has 0 heterocycles. The third kappa shape index (κ3) is 1.78. The third-order valence-electron chi connectivity index (χ3n) is 2.04. The topological polar surface area (TPSA) is 0 Å². The van der Waals surface area contributed by atoms with Gasteiger partial charge in [0.2, 0.25) is 0 Å². The Hall–Kier alpha value is -0.560. The molecule has 12 heavy (non-hydrogen) atoms. The second-order valence-electron chi connectivity index (χ2n) is 2.85. The van der Waals surface area contributed by atoms with Gasteiger partial charge >= 0.3 is 0 Å². The standard InChI is InChI=1S/C10H12ClF/c1-3-8-5-9(12)4-7(2)10(8)6-11/h4-5H,3,6H2,1-2H3. The molecule has 0 aliphatic rings. The highest BCUT2D eigenvalue weighted by molar-refractivity contribution is 6.17. The van der Waals surface area contributed by atoms with Gasteiger partial charge in [-0.2, -0.15) is 0 Å². The van der Waals surface area contributed by atoms with E-state index in [1.807, 2.05) is 13.8 Å². The van der Waals surface area contributed by atoms with Crippen LogP contribution < -0.4 is 0 Å². The molecule has 0 nitrogen and oxygen atoms in total. The van der Waals surface area contributed by atoms with Crippen molar-refractivity contribution in [2.45, 2.75) is 26.1 Å². The largest absolute Gasteiger partial charge is 0.207 e. The van der Waals surface area contributed by atoms with Gasteiger partial charge in [0.15, 0.2) is 0 Å². The molecule has 1 rings (SSSR count). The molecule has 0 unspecified atom stereocenters. The van der Waals surface area contributed by atoms with Crippen LogP contribution in [0.25, 0.3) is 0 Å². The molecule has 0 aliphatic heterocycles. The van der Waals surface area contributed by atoms with Crippen LogP contribution in [-0.2, 0) is 12.3 Å². The van der Waals surface area contributed by atoms with Crippen LogP contribution >= 0.6 is 11.6 Å². The Kier molecular flexibility index (Phi) is 3.10. The van der Waals surface area contributed by atoms with E-state index in [1.54, 1.807) is 6.07 Å². The van der Waals surface area contributed by atoms with E-state index in [0.29, 0.717) is 5.88 Å². The lowest BCUT2D eigenvalue weighted by atomic mass is 10.0. The van der Waals surface area contributed by atoms with Crippen molar-refractivity contribution in [3.63, 3.8) is 0 Å². The van der Waals surface area contributed by atoms with E-state index in [1.165, 1.54) is 6.07 Å². The van der Waals surface area contributed by atoms with Crippen LogP contribution in [0.2, 0.25) is 0 Å². The first-order chi connectivity index (χ1) is 5.69. The van der Waals surface area contributed by atoms with Crippen molar-refractivity contribution < 1.29 is 4.39 Å². The molecule has 0 saturated heterocycles. The summed E-state index contributed by atoms with van der Waals surface area (Å²) in [4.78, 5) is 0. The highest BCUT2D eigenvalue weighted by Crippen LogP contribution is 2.18. The molecule has 0 radical (unpaired) electrons. The van der Waals surface area contributed by atoms with Gasteiger partial charge in [-0.25, -0.2) is 4.39 Å². The molecule has 1 aromatic carbocycles. The molecule has 66 valence electrons. The minimum Gasteiger partial charge on any atom is -0.207 e. The van der Waals surface area contributed by atoms with Crippen molar-refractivity contribution in [1.82, 2.24) is 0 Å². The zero-order valence-electron chi connectivity index (χ0n) is 7.32. The van der Waals surface area contributed by atoms with Gasteiger partial charge in [0.25, 0.3) is 0 Å². The zero-order chi connectivity index (χ0) is 9.14. The fourth-order valence-electron chi connectivity index (χ4n) is 1.35. The van der Waals surface area contributed by atoms with Crippen LogP contribution in [0.15, 0.2) is 12.1 Å². The van der Waals surface area contributed by atoms with E-state index in [9.17, 15) is 4.39 Å². The number of aryl methyl sites for hydroxylation is 2. The van der Waals surface area contributed by atoms with Crippen molar-refractivity contribution in [2.24, 2.45) is 0 Å². The van der Waals surface area contributed by atoms with Gasteiger partial charge in [0.1, 0.15) is 5.82 Å². The Morgan fingerprint density at radius 2 is 2.08 bits per heavy atom. The lowest BCUT2D eigenvalue weighted by Gasteiger charge is -2.08. The maximum Gasteiger partial charge on any atom is 0.123 e. The fourth-order valence-corrected chi connectivity index (χ4v) is 1.73. The van der Waals surface area contributed by atoms with E-state index in [2.05, 4.69) is 0 Å². The smallest absolute Gasteiger partial charge is 0.123 e. The quantitative estimate of drug-likeness (QED) is 0.621. The lowest BCUT2D eigenvalue weighted by Crippen LogP contribution is -1.95. The fraction of sp³-hybridized carbons (Fsp3) is 0.400. The van der Waals surface area contributed by atoms with Gasteiger partial charge < -0.3 is 0 Å². The Morgan fingerprint density at radius 3 is 2.58 bits per heavy atom. The molecule has 2 heteroatoms. The SMILES string of the molecule is CCc1cc(F)cc(C)c1CCl. The van der Waals surface area contributed by atoms with Crippen LogP contribution in [0.4, 0.5) is 4.39 Å². The van der Waals surface area contributed by atoms with Crippen molar-refractivity contribution in [2.75, 3.05) is 0 Å². The van der Waals surface area contributed by atoms with E-state index in [0.717, 1.165) is 23.1 Å². The normalized spacial score (nSPS) is 10.3. The summed E-state index contributed by atoms with van der Waals surface area (Å²) in [6.07, 6.45) is 0.834. The van der Waals surface area contributed by atoms with Gasteiger partial charge in [-0.3, -0.25) is 0 Å². The second kappa shape index (κ2) is 3.90. The Bertz CT molecular complexity index is 281. The summed E-state index contributed by atoms with van der Waals surface area (Å²) in [6, 6.07) is 3.08. The summed E-state index contributed by atoms with van der Waals surface area (Å²) >= 11 is 5.75. The number of hydrogen-bond acceptors (Lipinski definition) is 0. The molecule has 0 aliphatic carbocycles. The number of benzene rings is 1. The Labute approximate surface area is 77.4 Å². The predicted octanol–water partition coefficient (Wildman–Crippen LogP) is 3.44. The van der Waals surface area contributed by atoms with Crippen LogP contribution in [0.3, 0.4) is 0 Å². The zero-order valence-corrected chi connectivity index (χ0v) is 8.08. The first kappa shape index (κ1) is 9.53. The van der Waals surface area contributed by atoms with Gasteiger partial charge in [-0.05, 0) is 42.2 Å². The third-order valence-corrected chi connectivity index (χ3v) is 2.31. The molecule has 0 saturated carbocycles. The van der Waals surface area contributed by atoms with Crippen molar-refractivity contribution in [1.29, 1.82) is 0 Å². The first-order valence-corrected chi connectivity index (χ1v) is 4.56. The van der Waals surface area contributed by atoms with E-state index >= 15 is 0 Å². The summed E-state index contributed by atoms with van der Waals surface area (Å²) in [7, 11) is 0. The number of rotatable bonds is 2. The van der Waals surface area contributed by atoms with Crippen molar-refractivity contribution in [3.05, 3.63) is 34.6 Å². The maximum absolute atomic E-state index is 12.9. The number of alkyl halides is 1. The monoisotopic (exact) mass is 186 g/mol. The van der Waals surface area contributed by atoms with Crippen LogP contribution in [-0.4, -0.2) is 0 Å². The highest BCUT2D eigenvalue weighted by atomic mass is 35.5. The van der Waals surface area contributed by atoms with Crippen LogP contribution in [0.1, 0.15) is 23.6 Å². The van der Waals surface area contributed by atoms with Gasteiger partial charge in [0, 0.05) is 5.88 Å². The molecule has 0 aromatic heterocycles. The Morgan fingerprint density at radius 1 is 1.42 bits per heavy atom. The van der Waals surface area contributed by atoms with Crippen molar-refractivity contribution in [3.8, 4) is 0 Å². The summed E-state index contributed by atoms with van der Waals surface area (Å²) in [6.45, 7) is 3.89. The average molecular weight is 187 g/mol. The van der Waals surface area contributed by atoms with Gasteiger partial charge in [0.05, 0.1) is 0 Å². The first-order valence-electron chi connectivity index (χ1n) is 4.03. The average Bonchev–Trinajstić information content (AvgIpc) is 2.03. The molecule has 0 bridgehead atoms. The second-order valence-corrected chi connectivity index (χ2v) is 3.11. The molecule has 0 fully saturated rings. The van der Waals surface area contributed by atoms with Crippen molar-refractivity contribution >= 4 is 11.6 Å². The lowest BCUT2D eigenvalue weighted by molar-refractivity contribution is 0.623. The molecule has 0 atom stereocenters. The minimum atomic E-state index is -0.168. The summed E-state index contributed by atoms with van der Waals surface area (Å²) < 4.78 is 12.9. The summed E-state index contributed by atoms with van der Waals surface area (Å²) in [5.41, 5.74) is 3.03. The molecule has 0 spiro atoms. The molecule has 0 amide bonds. The Balaban J connectivity index is 3.24. The molecular formula is C10H12ClF. The summed E-state index contributed by atoms with van der Waals surface area (Å²) in [5.74, 6) is 0.299. The highest BCUT2D eigenvalue weighted by Gasteiger charge is 2.05. The summed E-state index contributed by atoms with van der Waals surface area (Å²) in [5, 5.41) is 0. The van der Waals surface area contributed by atoms with E-state index in [4.69, 9.17) is 11.6 Å². The molecular weight excluding hydrogens is 175 g/mol. The van der Waals surface area contributed by atoms with E-state index in [-0.39, 0.29) is 5.82 Å². The maximum atomic E-state index is 12.9. The number of hydrogen-bond donors (Lipinski definition) is 0. The minimum absolute atomic E-state index is 0.168. The van der Waals surface area contributed by atoms with Gasteiger partial charge in [-0.15, -0.1) is 11.6 Å². The van der Waals surface area contributed by atoms with E-state index < -0.39 is 0 Å². The van der Waals surface area contributed by atoms with Gasteiger partial charge in [-0.1, -0.05) is 6.92 Å². The van der Waals surface area contributed by atoms with Crippen LogP contribution in [0.5, 0.6) is 0 Å². The predicted molar refractivity (Wildman–Crippen MR) is 50.1 cm³/mol. The van der Waals surface area contributed by atoms with Crippen LogP contribution in [0, 0.1) is 12.7 Å². The number of halogens is 2.